The summed E-state index contributed by atoms with van der Waals surface area (Å²) in [5, 5.41) is 6.25. The maximum absolute atomic E-state index is 11.9. The Labute approximate surface area is 104 Å². The molecule has 0 aromatic rings. The van der Waals surface area contributed by atoms with Gasteiger partial charge in [-0.2, -0.15) is 0 Å². The molecule has 2 fully saturated rings. The van der Waals surface area contributed by atoms with Crippen LogP contribution in [0.25, 0.3) is 0 Å². The van der Waals surface area contributed by atoms with Gasteiger partial charge in [0.15, 0.2) is 0 Å². The second kappa shape index (κ2) is 5.36. The van der Waals surface area contributed by atoms with Gasteiger partial charge < -0.3 is 10.6 Å². The number of hydrogen-bond donors (Lipinski definition) is 2. The highest BCUT2D eigenvalue weighted by Crippen LogP contribution is 2.32. The van der Waals surface area contributed by atoms with Crippen molar-refractivity contribution in [1.29, 1.82) is 0 Å². The Morgan fingerprint density at radius 1 is 1.41 bits per heavy atom. The lowest BCUT2D eigenvalue weighted by Gasteiger charge is -2.28. The first-order chi connectivity index (χ1) is 8.15. The van der Waals surface area contributed by atoms with E-state index >= 15 is 0 Å². The van der Waals surface area contributed by atoms with Crippen LogP contribution in [0.5, 0.6) is 0 Å². The van der Waals surface area contributed by atoms with Crippen LogP contribution in [0.4, 0.5) is 0 Å². The van der Waals surface area contributed by atoms with Crippen LogP contribution >= 0.6 is 0 Å². The van der Waals surface area contributed by atoms with Gasteiger partial charge in [-0.3, -0.25) is 9.69 Å². The van der Waals surface area contributed by atoms with Gasteiger partial charge in [0, 0.05) is 19.6 Å². The molecule has 0 aromatic carbocycles. The molecular weight excluding hydrogens is 214 g/mol. The minimum absolute atomic E-state index is 0.172. The smallest absolute Gasteiger partial charge is 0.227 e. The molecule has 2 rings (SSSR count). The maximum atomic E-state index is 11.9. The quantitative estimate of drug-likeness (QED) is 0.741. The van der Waals surface area contributed by atoms with E-state index in [9.17, 15) is 4.79 Å². The zero-order valence-electron chi connectivity index (χ0n) is 11.1. The van der Waals surface area contributed by atoms with Crippen LogP contribution < -0.4 is 10.6 Å². The summed E-state index contributed by atoms with van der Waals surface area (Å²) in [7, 11) is 1.74. The second-order valence-electron chi connectivity index (χ2n) is 5.69. The van der Waals surface area contributed by atoms with Gasteiger partial charge in [0.05, 0.1) is 5.41 Å². The summed E-state index contributed by atoms with van der Waals surface area (Å²) in [4.78, 5) is 14.4. The van der Waals surface area contributed by atoms with Crippen molar-refractivity contribution in [3.05, 3.63) is 0 Å². The highest BCUT2D eigenvalue weighted by molar-refractivity contribution is 5.82. The Bertz CT molecular complexity index is 274. The first-order valence-electron chi connectivity index (χ1n) is 6.83. The number of hydrogen-bond acceptors (Lipinski definition) is 3. The molecule has 0 spiro atoms. The van der Waals surface area contributed by atoms with Crippen LogP contribution in [0.3, 0.4) is 0 Å². The van der Waals surface area contributed by atoms with Crippen LogP contribution in [0.2, 0.25) is 0 Å². The Hall–Kier alpha value is -0.610. The van der Waals surface area contributed by atoms with E-state index in [1.807, 2.05) is 0 Å². The molecule has 2 unspecified atom stereocenters. The van der Waals surface area contributed by atoms with Crippen molar-refractivity contribution in [3.63, 3.8) is 0 Å². The minimum Gasteiger partial charge on any atom is -0.359 e. The van der Waals surface area contributed by atoms with Crippen molar-refractivity contribution < 1.29 is 4.79 Å². The van der Waals surface area contributed by atoms with E-state index in [1.54, 1.807) is 7.05 Å². The van der Waals surface area contributed by atoms with E-state index in [0.29, 0.717) is 6.04 Å². The second-order valence-corrected chi connectivity index (χ2v) is 5.69. The Balaban J connectivity index is 1.94. The molecule has 2 aliphatic rings. The molecule has 17 heavy (non-hydrogen) atoms. The van der Waals surface area contributed by atoms with Gasteiger partial charge >= 0.3 is 0 Å². The van der Waals surface area contributed by atoms with Gasteiger partial charge in [0.2, 0.25) is 5.91 Å². The Morgan fingerprint density at radius 2 is 2.24 bits per heavy atom. The molecule has 0 aliphatic carbocycles. The van der Waals surface area contributed by atoms with Gasteiger partial charge in [0.1, 0.15) is 0 Å². The molecule has 0 aromatic heterocycles. The fourth-order valence-electron chi connectivity index (χ4n) is 3.16. The third-order valence-electron chi connectivity index (χ3n) is 4.34. The minimum atomic E-state index is -0.172. The number of nitrogens with zero attached hydrogens (tertiary/aromatic N) is 1. The van der Waals surface area contributed by atoms with Crippen LogP contribution in [0, 0.1) is 5.41 Å². The van der Waals surface area contributed by atoms with Crippen molar-refractivity contribution in [3.8, 4) is 0 Å². The zero-order valence-corrected chi connectivity index (χ0v) is 11.1. The lowest BCUT2D eigenvalue weighted by atomic mass is 9.89. The molecule has 2 aliphatic heterocycles. The number of likely N-dealkylation sites (tertiary alicyclic amines) is 1. The first kappa shape index (κ1) is 12.8. The molecule has 1 amide bonds. The molecular formula is C13H25N3O. The zero-order chi connectivity index (χ0) is 12.3. The first-order valence-corrected chi connectivity index (χ1v) is 6.83. The van der Waals surface area contributed by atoms with E-state index in [-0.39, 0.29) is 11.3 Å². The van der Waals surface area contributed by atoms with Crippen molar-refractivity contribution in [2.75, 3.05) is 33.2 Å². The van der Waals surface area contributed by atoms with Gasteiger partial charge in [-0.25, -0.2) is 0 Å². The van der Waals surface area contributed by atoms with E-state index in [2.05, 4.69) is 22.5 Å². The predicted molar refractivity (Wildman–Crippen MR) is 68.9 cm³/mol. The number of rotatable bonds is 2. The van der Waals surface area contributed by atoms with E-state index < -0.39 is 0 Å². The fourth-order valence-corrected chi connectivity index (χ4v) is 3.16. The maximum Gasteiger partial charge on any atom is 0.227 e. The fraction of sp³-hybridized carbons (Fsp3) is 0.923. The standard InChI is InChI=1S/C13H25N3O/c1-13(12(17)14-2)6-9-16(10-13)11-4-3-7-15-8-5-11/h11,15H,3-10H2,1-2H3,(H,14,17). The molecule has 4 nitrogen and oxygen atoms in total. The predicted octanol–water partition coefficient (Wildman–Crippen LogP) is 0.587. The monoisotopic (exact) mass is 239 g/mol. The van der Waals surface area contributed by atoms with Gasteiger partial charge in [0.25, 0.3) is 0 Å². The summed E-state index contributed by atoms with van der Waals surface area (Å²) in [5.74, 6) is 0.201. The topological polar surface area (TPSA) is 44.4 Å². The third-order valence-corrected chi connectivity index (χ3v) is 4.34. The van der Waals surface area contributed by atoms with Gasteiger partial charge in [-0.15, -0.1) is 0 Å². The molecule has 0 radical (unpaired) electrons. The molecule has 2 heterocycles. The SMILES string of the molecule is CNC(=O)C1(C)CCN(C2CCCNCC2)C1. The summed E-state index contributed by atoms with van der Waals surface area (Å²) in [6.07, 6.45) is 4.76. The number of carbonyl (C=O) groups is 1. The van der Waals surface area contributed by atoms with Gasteiger partial charge in [-0.05, 0) is 52.2 Å². The van der Waals surface area contributed by atoms with E-state index in [4.69, 9.17) is 0 Å². The summed E-state index contributed by atoms with van der Waals surface area (Å²) < 4.78 is 0. The number of amides is 1. The van der Waals surface area contributed by atoms with Crippen LogP contribution in [0.15, 0.2) is 0 Å². The molecule has 2 atom stereocenters. The van der Waals surface area contributed by atoms with Crippen LogP contribution in [-0.4, -0.2) is 50.1 Å². The normalized spacial score (nSPS) is 35.5. The van der Waals surface area contributed by atoms with Crippen molar-refractivity contribution in [2.45, 2.75) is 38.6 Å². The molecule has 2 N–H and O–H groups in total. The molecule has 0 bridgehead atoms. The van der Waals surface area contributed by atoms with Crippen molar-refractivity contribution in [1.82, 2.24) is 15.5 Å². The summed E-state index contributed by atoms with van der Waals surface area (Å²) in [6, 6.07) is 0.677. The average molecular weight is 239 g/mol. The molecule has 2 saturated heterocycles. The van der Waals surface area contributed by atoms with E-state index in [0.717, 1.165) is 32.6 Å². The highest BCUT2D eigenvalue weighted by Gasteiger charge is 2.41. The van der Waals surface area contributed by atoms with Gasteiger partial charge in [-0.1, -0.05) is 0 Å². The highest BCUT2D eigenvalue weighted by atomic mass is 16.2. The van der Waals surface area contributed by atoms with Crippen LogP contribution in [-0.2, 0) is 4.79 Å². The van der Waals surface area contributed by atoms with E-state index in [1.165, 1.54) is 19.3 Å². The third kappa shape index (κ3) is 2.80. The van der Waals surface area contributed by atoms with Crippen molar-refractivity contribution in [2.24, 2.45) is 5.41 Å². The van der Waals surface area contributed by atoms with Crippen molar-refractivity contribution >= 4 is 5.91 Å². The summed E-state index contributed by atoms with van der Waals surface area (Å²) >= 11 is 0. The Morgan fingerprint density at radius 3 is 3.00 bits per heavy atom. The molecule has 0 saturated carbocycles. The van der Waals surface area contributed by atoms with Crippen LogP contribution in [0.1, 0.15) is 32.6 Å². The average Bonchev–Trinajstić information content (AvgIpc) is 2.57. The number of carbonyl (C=O) groups excluding carboxylic acids is 1. The number of nitrogens with one attached hydrogen (secondary N) is 2. The lowest BCUT2D eigenvalue weighted by molar-refractivity contribution is -0.129. The largest absolute Gasteiger partial charge is 0.359 e. The summed E-state index contributed by atoms with van der Waals surface area (Å²) in [6.45, 7) is 6.38. The molecule has 4 heteroatoms. The molecule has 98 valence electrons. The lowest BCUT2D eigenvalue weighted by Crippen LogP contribution is -2.41. The summed E-state index contributed by atoms with van der Waals surface area (Å²) in [5.41, 5.74) is -0.172. The Kier molecular flexibility index (Phi) is 4.05.